The molecule has 2 heterocycles. The minimum absolute atomic E-state index is 0.0874. The zero-order valence-electron chi connectivity index (χ0n) is 18.0. The molecule has 0 radical (unpaired) electrons. The standard InChI is InChI=1S/C23H27FN6O/c1-22-6-7-23(2,13-22)20(24)18(9-22)30(3)21-25-12-17(28-29-21)16-5-4-14(8-19(16)31)15-10-26-27-11-15/h4-5,8,10-12,18,20,31H,6-7,9,13H2,1-3H3,(H,26,27)/t18-,20-,22-,23-/m0/s1. The van der Waals surface area contributed by atoms with Crippen molar-refractivity contribution in [2.45, 2.75) is 51.7 Å². The van der Waals surface area contributed by atoms with Gasteiger partial charge in [-0.1, -0.05) is 19.9 Å². The molecule has 2 bridgehead atoms. The van der Waals surface area contributed by atoms with Crippen molar-refractivity contribution in [1.82, 2.24) is 25.4 Å². The van der Waals surface area contributed by atoms with Crippen LogP contribution in [0, 0.1) is 10.8 Å². The lowest BCUT2D eigenvalue weighted by atomic mass is 9.67. The Hall–Kier alpha value is -3.03. The lowest BCUT2D eigenvalue weighted by Gasteiger charge is -2.46. The topological polar surface area (TPSA) is 90.8 Å². The van der Waals surface area contributed by atoms with Crippen molar-refractivity contribution in [2.75, 3.05) is 11.9 Å². The van der Waals surface area contributed by atoms with Gasteiger partial charge in [0.2, 0.25) is 5.95 Å². The quantitative estimate of drug-likeness (QED) is 0.649. The number of hydrogen-bond acceptors (Lipinski definition) is 6. The molecule has 31 heavy (non-hydrogen) atoms. The van der Waals surface area contributed by atoms with E-state index in [1.165, 1.54) is 0 Å². The number of H-pyrrole nitrogens is 1. The first-order valence-corrected chi connectivity index (χ1v) is 10.7. The summed E-state index contributed by atoms with van der Waals surface area (Å²) in [5, 5.41) is 25.7. The fraction of sp³-hybridized carbons (Fsp3) is 0.478. The number of halogens is 1. The summed E-state index contributed by atoms with van der Waals surface area (Å²) < 4.78 is 15.4. The van der Waals surface area contributed by atoms with Crippen LogP contribution in [0.3, 0.4) is 0 Å². The fourth-order valence-electron chi connectivity index (χ4n) is 5.59. The number of aromatic nitrogens is 5. The van der Waals surface area contributed by atoms with Gasteiger partial charge >= 0.3 is 0 Å². The van der Waals surface area contributed by atoms with E-state index < -0.39 is 6.17 Å². The Kier molecular flexibility index (Phi) is 4.50. The van der Waals surface area contributed by atoms with Crippen molar-refractivity contribution in [3.05, 3.63) is 36.8 Å². The molecule has 8 heteroatoms. The van der Waals surface area contributed by atoms with Crippen LogP contribution in [-0.2, 0) is 0 Å². The summed E-state index contributed by atoms with van der Waals surface area (Å²) in [4.78, 5) is 6.29. The van der Waals surface area contributed by atoms with E-state index in [2.05, 4.69) is 39.2 Å². The van der Waals surface area contributed by atoms with Gasteiger partial charge in [-0.2, -0.15) is 5.10 Å². The third-order valence-electron chi connectivity index (χ3n) is 7.30. The highest BCUT2D eigenvalue weighted by molar-refractivity contribution is 5.73. The summed E-state index contributed by atoms with van der Waals surface area (Å²) in [6.07, 6.45) is 7.85. The highest BCUT2D eigenvalue weighted by Gasteiger charge is 2.56. The van der Waals surface area contributed by atoms with Crippen LogP contribution in [0.15, 0.2) is 36.8 Å². The second-order valence-electron chi connectivity index (χ2n) is 9.79. The molecule has 2 aliphatic rings. The predicted molar refractivity (Wildman–Crippen MR) is 116 cm³/mol. The predicted octanol–water partition coefficient (Wildman–Crippen LogP) is 4.38. The summed E-state index contributed by atoms with van der Waals surface area (Å²) in [7, 11) is 1.85. The number of rotatable bonds is 4. The number of nitrogens with zero attached hydrogens (tertiary/aromatic N) is 5. The van der Waals surface area contributed by atoms with Crippen molar-refractivity contribution in [2.24, 2.45) is 10.8 Å². The summed E-state index contributed by atoms with van der Waals surface area (Å²) in [6, 6.07) is 5.07. The van der Waals surface area contributed by atoms with Gasteiger partial charge in [0.05, 0.1) is 18.4 Å². The summed E-state index contributed by atoms with van der Waals surface area (Å²) >= 11 is 0. The molecule has 0 saturated heterocycles. The molecular formula is C23H27FN6O. The Bertz CT molecular complexity index is 1090. The maximum atomic E-state index is 15.4. The van der Waals surface area contributed by atoms with Crippen LogP contribution in [0.1, 0.15) is 39.5 Å². The molecule has 5 rings (SSSR count). The number of aromatic hydroxyl groups is 1. The summed E-state index contributed by atoms with van der Waals surface area (Å²) in [6.45, 7) is 4.34. The van der Waals surface area contributed by atoms with Crippen LogP contribution in [-0.4, -0.2) is 49.7 Å². The number of alkyl halides is 1. The van der Waals surface area contributed by atoms with Gasteiger partial charge < -0.3 is 10.0 Å². The Labute approximate surface area is 180 Å². The molecule has 7 nitrogen and oxygen atoms in total. The molecule has 4 atom stereocenters. The molecule has 162 valence electrons. The zero-order valence-corrected chi connectivity index (χ0v) is 18.0. The zero-order chi connectivity index (χ0) is 21.8. The van der Waals surface area contributed by atoms with E-state index in [1.807, 2.05) is 18.0 Å². The van der Waals surface area contributed by atoms with E-state index in [1.54, 1.807) is 30.7 Å². The number of benzene rings is 1. The monoisotopic (exact) mass is 422 g/mol. The second-order valence-corrected chi connectivity index (χ2v) is 9.79. The van der Waals surface area contributed by atoms with Crippen LogP contribution in [0.5, 0.6) is 5.75 Å². The molecule has 3 aromatic rings. The smallest absolute Gasteiger partial charge is 0.245 e. The summed E-state index contributed by atoms with van der Waals surface area (Å²) in [5.41, 5.74) is 2.63. The SMILES string of the molecule is CN(c1ncc(-c2ccc(-c3cn[nH]c3)cc2O)nn1)[C@H]1C[C@]2(C)CC[C@@](C)(C2)[C@H]1F. The Morgan fingerprint density at radius 1 is 1.16 bits per heavy atom. The number of aromatic amines is 1. The molecule has 2 fully saturated rings. The number of hydrogen-bond donors (Lipinski definition) is 2. The third-order valence-corrected chi connectivity index (χ3v) is 7.30. The average molecular weight is 423 g/mol. The van der Waals surface area contributed by atoms with E-state index in [4.69, 9.17) is 0 Å². The number of anilines is 1. The third kappa shape index (κ3) is 3.34. The van der Waals surface area contributed by atoms with Gasteiger partial charge in [0.25, 0.3) is 0 Å². The number of fused-ring (bicyclic) bond motifs is 2. The second kappa shape index (κ2) is 7.00. The van der Waals surface area contributed by atoms with Gasteiger partial charge in [0.15, 0.2) is 0 Å². The maximum absolute atomic E-state index is 15.4. The van der Waals surface area contributed by atoms with Crippen LogP contribution in [0.2, 0.25) is 0 Å². The van der Waals surface area contributed by atoms with E-state index >= 15 is 4.39 Å². The first kappa shape index (κ1) is 19.9. The van der Waals surface area contributed by atoms with Crippen molar-refractivity contribution in [1.29, 1.82) is 0 Å². The highest BCUT2D eigenvalue weighted by Crippen LogP contribution is 2.59. The van der Waals surface area contributed by atoms with Crippen molar-refractivity contribution in [3.8, 4) is 28.1 Å². The molecule has 2 aromatic heterocycles. The molecule has 0 unspecified atom stereocenters. The first-order valence-electron chi connectivity index (χ1n) is 10.7. The van der Waals surface area contributed by atoms with Gasteiger partial charge in [-0.3, -0.25) is 5.10 Å². The molecule has 0 aliphatic heterocycles. The van der Waals surface area contributed by atoms with Gasteiger partial charge in [-0.05, 0) is 48.8 Å². The number of phenolic OH excluding ortho intramolecular Hbond substituents is 1. The van der Waals surface area contributed by atoms with Crippen molar-refractivity contribution in [3.63, 3.8) is 0 Å². The normalized spacial score (nSPS) is 29.8. The Morgan fingerprint density at radius 3 is 2.68 bits per heavy atom. The van der Waals surface area contributed by atoms with E-state index in [0.717, 1.165) is 36.8 Å². The van der Waals surface area contributed by atoms with E-state index in [9.17, 15) is 5.11 Å². The highest BCUT2D eigenvalue weighted by atomic mass is 19.1. The number of phenols is 1. The Morgan fingerprint density at radius 2 is 2.00 bits per heavy atom. The largest absolute Gasteiger partial charge is 0.507 e. The fourth-order valence-corrected chi connectivity index (χ4v) is 5.59. The van der Waals surface area contributed by atoms with E-state index in [0.29, 0.717) is 17.2 Å². The number of nitrogens with one attached hydrogen (secondary N) is 1. The molecule has 0 amide bonds. The van der Waals surface area contributed by atoms with Gasteiger partial charge in [0.1, 0.15) is 17.6 Å². The molecule has 2 aliphatic carbocycles. The average Bonchev–Trinajstić information content (AvgIpc) is 3.38. The lowest BCUT2D eigenvalue weighted by molar-refractivity contribution is 0.0378. The van der Waals surface area contributed by atoms with Gasteiger partial charge in [0, 0.05) is 29.8 Å². The van der Waals surface area contributed by atoms with Crippen molar-refractivity contribution >= 4 is 5.95 Å². The minimum atomic E-state index is -0.920. The van der Waals surface area contributed by atoms with Gasteiger partial charge in [-0.25, -0.2) is 9.37 Å². The molecule has 1 aromatic carbocycles. The Balaban J connectivity index is 1.38. The van der Waals surface area contributed by atoms with Crippen LogP contribution < -0.4 is 4.90 Å². The molecule has 0 spiro atoms. The molecule has 2 saturated carbocycles. The first-order chi connectivity index (χ1) is 14.8. The van der Waals surface area contributed by atoms with Crippen LogP contribution in [0.4, 0.5) is 10.3 Å². The molecule has 2 N–H and O–H groups in total. The minimum Gasteiger partial charge on any atom is -0.507 e. The maximum Gasteiger partial charge on any atom is 0.245 e. The van der Waals surface area contributed by atoms with Crippen LogP contribution >= 0.6 is 0 Å². The summed E-state index contributed by atoms with van der Waals surface area (Å²) in [5.74, 6) is 0.490. The van der Waals surface area contributed by atoms with E-state index in [-0.39, 0.29) is 22.6 Å². The lowest BCUT2D eigenvalue weighted by Crippen LogP contribution is -2.52. The van der Waals surface area contributed by atoms with Gasteiger partial charge in [-0.15, -0.1) is 10.2 Å². The van der Waals surface area contributed by atoms with Crippen LogP contribution in [0.25, 0.3) is 22.4 Å². The van der Waals surface area contributed by atoms with Crippen molar-refractivity contribution < 1.29 is 9.50 Å². The molecular weight excluding hydrogens is 395 g/mol.